The molecule has 0 aliphatic rings. The molecule has 34 heavy (non-hydrogen) atoms. The van der Waals surface area contributed by atoms with Crippen LogP contribution >= 0.6 is 0 Å². The van der Waals surface area contributed by atoms with E-state index in [4.69, 9.17) is 0 Å². The van der Waals surface area contributed by atoms with Crippen molar-refractivity contribution in [1.29, 1.82) is 0 Å². The predicted molar refractivity (Wildman–Crippen MR) is 127 cm³/mol. The van der Waals surface area contributed by atoms with E-state index in [0.717, 1.165) is 11.1 Å². The van der Waals surface area contributed by atoms with E-state index < -0.39 is 5.91 Å². The highest BCUT2D eigenvalue weighted by Gasteiger charge is 2.15. The minimum atomic E-state index is -0.445. The molecule has 4 aromatic rings. The summed E-state index contributed by atoms with van der Waals surface area (Å²) in [6.07, 6.45) is 0. The fourth-order valence-electron chi connectivity index (χ4n) is 3.35. The summed E-state index contributed by atoms with van der Waals surface area (Å²) in [6, 6.07) is 20.0. The van der Waals surface area contributed by atoms with E-state index in [9.17, 15) is 14.0 Å². The third kappa shape index (κ3) is 5.63. The van der Waals surface area contributed by atoms with Crippen LogP contribution in [-0.2, 0) is 6.54 Å². The van der Waals surface area contributed by atoms with Gasteiger partial charge in [-0.1, -0.05) is 24.3 Å². The van der Waals surface area contributed by atoms with Crippen LogP contribution in [0.3, 0.4) is 0 Å². The number of halogens is 1. The van der Waals surface area contributed by atoms with Crippen LogP contribution in [0.5, 0.6) is 0 Å². The first-order chi connectivity index (χ1) is 16.4. The molecule has 0 saturated carbocycles. The third-order valence-electron chi connectivity index (χ3n) is 4.96. The minimum Gasteiger partial charge on any atom is -0.345 e. The molecule has 0 aliphatic heterocycles. The molecule has 1 aromatic heterocycles. The van der Waals surface area contributed by atoms with Crippen molar-refractivity contribution in [2.45, 2.75) is 20.4 Å². The fourth-order valence-corrected chi connectivity index (χ4v) is 3.35. The lowest BCUT2D eigenvalue weighted by Crippen LogP contribution is -2.24. The van der Waals surface area contributed by atoms with E-state index in [2.05, 4.69) is 26.0 Å². The molecule has 1 heterocycles. The van der Waals surface area contributed by atoms with Crippen LogP contribution in [-0.4, -0.2) is 26.7 Å². The van der Waals surface area contributed by atoms with Gasteiger partial charge in [0.1, 0.15) is 11.6 Å². The van der Waals surface area contributed by atoms with E-state index >= 15 is 0 Å². The zero-order valence-corrected chi connectivity index (χ0v) is 18.7. The molecule has 0 unspecified atom stereocenters. The molecule has 3 aromatic carbocycles. The first-order valence-corrected chi connectivity index (χ1v) is 10.6. The number of aryl methyl sites for hydroxylation is 2. The summed E-state index contributed by atoms with van der Waals surface area (Å²) < 4.78 is 14.7. The summed E-state index contributed by atoms with van der Waals surface area (Å²) >= 11 is 0. The zero-order chi connectivity index (χ0) is 24.1. The maximum absolute atomic E-state index is 13.2. The summed E-state index contributed by atoms with van der Waals surface area (Å²) in [5.74, 6) is -0.292. The molecule has 0 bridgehead atoms. The molecule has 0 saturated heterocycles. The lowest BCUT2D eigenvalue weighted by Gasteiger charge is -2.10. The van der Waals surface area contributed by atoms with Gasteiger partial charge in [-0.2, -0.15) is 0 Å². The van der Waals surface area contributed by atoms with E-state index in [1.54, 1.807) is 37.3 Å². The van der Waals surface area contributed by atoms with Gasteiger partial charge < -0.3 is 16.0 Å². The molecule has 0 fully saturated rings. The summed E-state index contributed by atoms with van der Waals surface area (Å²) in [5.41, 5.74) is 3.72. The smallest absolute Gasteiger partial charge is 0.323 e. The lowest BCUT2D eigenvalue weighted by atomic mass is 10.2. The van der Waals surface area contributed by atoms with Crippen molar-refractivity contribution >= 4 is 23.3 Å². The third-order valence-corrected chi connectivity index (χ3v) is 4.96. The number of nitrogens with one attached hydrogen (secondary N) is 3. The molecule has 0 atom stereocenters. The van der Waals surface area contributed by atoms with E-state index in [0.29, 0.717) is 22.9 Å². The van der Waals surface area contributed by atoms with Gasteiger partial charge in [0.2, 0.25) is 5.82 Å². The Labute approximate surface area is 195 Å². The highest BCUT2D eigenvalue weighted by molar-refractivity contribution is 5.99. The van der Waals surface area contributed by atoms with Gasteiger partial charge in [0.25, 0.3) is 5.91 Å². The molecule has 0 radical (unpaired) electrons. The van der Waals surface area contributed by atoms with Crippen molar-refractivity contribution in [3.63, 3.8) is 0 Å². The van der Waals surface area contributed by atoms with Crippen LogP contribution in [0.4, 0.5) is 20.6 Å². The molecule has 9 heteroatoms. The quantitative estimate of drug-likeness (QED) is 0.393. The van der Waals surface area contributed by atoms with Crippen LogP contribution in [0.15, 0.2) is 72.8 Å². The number of carbonyl (C=O) groups excluding carboxylic acids is 2. The van der Waals surface area contributed by atoms with Gasteiger partial charge in [0, 0.05) is 17.9 Å². The van der Waals surface area contributed by atoms with Crippen LogP contribution in [0.2, 0.25) is 0 Å². The standard InChI is InChI=1S/C25H23FN6O2/c1-16-5-3-7-20(13-16)29-25(34)30-21-8-4-6-18(14-21)15-27-24(33)23-28-17(2)32(31-23)22-11-9-19(26)10-12-22/h3-14H,15H2,1-2H3,(H,27,33)(H2,29,30,34). The molecule has 172 valence electrons. The van der Waals surface area contributed by atoms with Gasteiger partial charge in [-0.05, 0) is 73.5 Å². The first kappa shape index (κ1) is 22.7. The second-order valence-corrected chi connectivity index (χ2v) is 7.70. The van der Waals surface area contributed by atoms with Gasteiger partial charge >= 0.3 is 6.03 Å². The lowest BCUT2D eigenvalue weighted by molar-refractivity contribution is 0.0940. The Bertz CT molecular complexity index is 1330. The number of hydrogen-bond donors (Lipinski definition) is 3. The molecular formula is C25H23FN6O2. The second kappa shape index (κ2) is 9.95. The van der Waals surface area contributed by atoms with Crippen molar-refractivity contribution in [3.8, 4) is 5.69 Å². The van der Waals surface area contributed by atoms with Crippen LogP contribution < -0.4 is 16.0 Å². The average molecular weight is 458 g/mol. The van der Waals surface area contributed by atoms with Gasteiger partial charge in [0.05, 0.1) is 5.69 Å². The molecule has 0 aliphatic carbocycles. The van der Waals surface area contributed by atoms with Gasteiger partial charge in [-0.15, -0.1) is 5.10 Å². The number of hydrogen-bond acceptors (Lipinski definition) is 4. The van der Waals surface area contributed by atoms with Crippen LogP contribution in [0.1, 0.15) is 27.6 Å². The number of rotatable bonds is 6. The van der Waals surface area contributed by atoms with Crippen molar-refractivity contribution < 1.29 is 14.0 Å². The van der Waals surface area contributed by atoms with Crippen molar-refractivity contribution in [2.75, 3.05) is 10.6 Å². The van der Waals surface area contributed by atoms with Gasteiger partial charge in [0.15, 0.2) is 0 Å². The topological polar surface area (TPSA) is 101 Å². The molecular weight excluding hydrogens is 435 g/mol. The molecule has 4 rings (SSSR count). The van der Waals surface area contributed by atoms with Gasteiger partial charge in [-0.25, -0.2) is 18.9 Å². The normalized spacial score (nSPS) is 10.6. The highest BCUT2D eigenvalue weighted by atomic mass is 19.1. The Morgan fingerprint density at radius 2 is 1.59 bits per heavy atom. The van der Waals surface area contributed by atoms with E-state index in [1.165, 1.54) is 16.8 Å². The Hall–Kier alpha value is -4.53. The zero-order valence-electron chi connectivity index (χ0n) is 18.7. The summed E-state index contributed by atoms with van der Waals surface area (Å²) in [4.78, 5) is 29.1. The summed E-state index contributed by atoms with van der Waals surface area (Å²) in [6.45, 7) is 3.88. The van der Waals surface area contributed by atoms with Crippen molar-refractivity contribution in [1.82, 2.24) is 20.1 Å². The maximum Gasteiger partial charge on any atom is 0.323 e. The Kier molecular flexibility index (Phi) is 6.63. The number of aromatic nitrogens is 3. The largest absolute Gasteiger partial charge is 0.345 e. The van der Waals surface area contributed by atoms with Crippen molar-refractivity contribution in [2.24, 2.45) is 0 Å². The number of amides is 3. The monoisotopic (exact) mass is 458 g/mol. The van der Waals surface area contributed by atoms with Crippen LogP contribution in [0, 0.1) is 19.7 Å². The molecule has 3 N–H and O–H groups in total. The molecule has 8 nitrogen and oxygen atoms in total. The molecule has 3 amide bonds. The van der Waals surface area contributed by atoms with E-state index in [-0.39, 0.29) is 24.2 Å². The Balaban J connectivity index is 1.36. The number of anilines is 2. The number of urea groups is 1. The van der Waals surface area contributed by atoms with Gasteiger partial charge in [-0.3, -0.25) is 4.79 Å². The first-order valence-electron chi connectivity index (χ1n) is 10.6. The Morgan fingerprint density at radius 3 is 2.29 bits per heavy atom. The van der Waals surface area contributed by atoms with Crippen molar-refractivity contribution in [3.05, 3.63) is 101 Å². The number of benzene rings is 3. The minimum absolute atomic E-state index is 0.00800. The number of nitrogens with zero attached hydrogens (tertiary/aromatic N) is 3. The maximum atomic E-state index is 13.2. The second-order valence-electron chi connectivity index (χ2n) is 7.70. The summed E-state index contributed by atoms with van der Waals surface area (Å²) in [7, 11) is 0. The average Bonchev–Trinajstić information content (AvgIpc) is 3.20. The fraction of sp³-hybridized carbons (Fsp3) is 0.120. The molecule has 0 spiro atoms. The highest BCUT2D eigenvalue weighted by Crippen LogP contribution is 2.14. The van der Waals surface area contributed by atoms with Crippen LogP contribution in [0.25, 0.3) is 5.69 Å². The Morgan fingerprint density at radius 1 is 0.912 bits per heavy atom. The summed E-state index contributed by atoms with van der Waals surface area (Å²) in [5, 5.41) is 12.6. The predicted octanol–water partition coefficient (Wildman–Crippen LogP) is 4.60. The van der Waals surface area contributed by atoms with E-state index in [1.807, 2.05) is 37.3 Å². The SMILES string of the molecule is Cc1cccc(NC(=O)Nc2cccc(CNC(=O)c3nc(C)n(-c4ccc(F)cc4)n3)c2)c1. The number of carbonyl (C=O) groups is 2.